The van der Waals surface area contributed by atoms with Crippen molar-refractivity contribution in [3.8, 4) is 5.69 Å². The maximum absolute atomic E-state index is 12.6. The van der Waals surface area contributed by atoms with Gasteiger partial charge in [0.15, 0.2) is 0 Å². The number of hydrogen-bond acceptors (Lipinski definition) is 3. The third-order valence-corrected chi connectivity index (χ3v) is 6.23. The number of aromatic amines is 1. The second-order valence-electron chi connectivity index (χ2n) is 6.80. The number of aryl methyl sites for hydroxylation is 2. The van der Waals surface area contributed by atoms with Gasteiger partial charge in [-0.3, -0.25) is 14.7 Å². The lowest BCUT2D eigenvalue weighted by Gasteiger charge is -2.10. The van der Waals surface area contributed by atoms with Crippen LogP contribution in [0.2, 0.25) is 0 Å². The topological polar surface area (TPSA) is 66.9 Å². The first kappa shape index (κ1) is 16.8. The Bertz CT molecular complexity index is 1020. The van der Waals surface area contributed by atoms with E-state index in [1.165, 1.54) is 39.6 Å². The molecule has 6 heteroatoms. The van der Waals surface area contributed by atoms with Crippen LogP contribution in [0, 0.1) is 13.8 Å². The number of nitrogens with one attached hydrogen (secondary N) is 2. The highest BCUT2D eigenvalue weighted by Crippen LogP contribution is 2.37. The van der Waals surface area contributed by atoms with Gasteiger partial charge in [0.25, 0.3) is 11.5 Å². The second-order valence-corrected chi connectivity index (χ2v) is 7.90. The van der Waals surface area contributed by atoms with E-state index in [-0.39, 0.29) is 17.2 Å². The van der Waals surface area contributed by atoms with E-state index in [1.807, 2.05) is 31.2 Å². The van der Waals surface area contributed by atoms with Crippen molar-refractivity contribution in [1.82, 2.24) is 9.78 Å². The van der Waals surface area contributed by atoms with Crippen LogP contribution >= 0.6 is 11.3 Å². The molecule has 1 aliphatic rings. The van der Waals surface area contributed by atoms with Crippen LogP contribution in [0.15, 0.2) is 35.1 Å². The van der Waals surface area contributed by atoms with Crippen molar-refractivity contribution in [2.75, 3.05) is 5.32 Å². The lowest BCUT2D eigenvalue weighted by Crippen LogP contribution is -2.14. The number of amides is 1. The van der Waals surface area contributed by atoms with E-state index >= 15 is 0 Å². The van der Waals surface area contributed by atoms with Gasteiger partial charge in [0.2, 0.25) is 0 Å². The average molecular weight is 367 g/mol. The molecule has 2 heterocycles. The molecule has 0 saturated heterocycles. The SMILES string of the molecule is Cc1ccc(-n2[nH]c(C(=O)Nc3sc4c(c3C)CCCC4)cc2=O)cc1. The number of aromatic nitrogens is 2. The van der Waals surface area contributed by atoms with E-state index in [1.54, 1.807) is 11.3 Å². The smallest absolute Gasteiger partial charge is 0.274 e. The van der Waals surface area contributed by atoms with Gasteiger partial charge in [0.1, 0.15) is 5.69 Å². The molecular formula is C20H21N3O2S. The molecule has 0 atom stereocenters. The molecular weight excluding hydrogens is 346 g/mol. The summed E-state index contributed by atoms with van der Waals surface area (Å²) in [5.74, 6) is -0.283. The van der Waals surface area contributed by atoms with Crippen LogP contribution in [0.5, 0.6) is 0 Å². The predicted molar refractivity (Wildman–Crippen MR) is 105 cm³/mol. The van der Waals surface area contributed by atoms with Crippen LogP contribution in [-0.4, -0.2) is 15.7 Å². The second kappa shape index (κ2) is 6.61. The van der Waals surface area contributed by atoms with Crippen molar-refractivity contribution < 1.29 is 4.79 Å². The maximum Gasteiger partial charge on any atom is 0.274 e. The number of H-pyrrole nitrogens is 1. The van der Waals surface area contributed by atoms with E-state index in [9.17, 15) is 9.59 Å². The molecule has 0 fully saturated rings. The molecule has 134 valence electrons. The summed E-state index contributed by atoms with van der Waals surface area (Å²) in [5.41, 5.74) is 4.40. The fraction of sp³-hybridized carbons (Fsp3) is 0.300. The van der Waals surface area contributed by atoms with Crippen molar-refractivity contribution in [3.63, 3.8) is 0 Å². The van der Waals surface area contributed by atoms with E-state index in [0.29, 0.717) is 5.69 Å². The summed E-state index contributed by atoms with van der Waals surface area (Å²) in [6.07, 6.45) is 4.61. The van der Waals surface area contributed by atoms with Crippen molar-refractivity contribution in [3.05, 3.63) is 67.9 Å². The summed E-state index contributed by atoms with van der Waals surface area (Å²) in [5, 5.41) is 6.79. The molecule has 0 unspecified atom stereocenters. The molecule has 0 bridgehead atoms. The van der Waals surface area contributed by atoms with Gasteiger partial charge in [-0.05, 0) is 62.8 Å². The van der Waals surface area contributed by atoms with Crippen LogP contribution in [0.1, 0.15) is 44.9 Å². The van der Waals surface area contributed by atoms with Crippen LogP contribution in [0.25, 0.3) is 5.69 Å². The van der Waals surface area contributed by atoms with Crippen molar-refractivity contribution in [2.45, 2.75) is 39.5 Å². The molecule has 4 rings (SSSR count). The largest absolute Gasteiger partial charge is 0.312 e. The Labute approximate surface area is 155 Å². The minimum absolute atomic E-state index is 0.249. The van der Waals surface area contributed by atoms with Gasteiger partial charge in [-0.25, -0.2) is 4.68 Å². The number of hydrogen-bond donors (Lipinski definition) is 2. The molecule has 0 radical (unpaired) electrons. The number of rotatable bonds is 3. The molecule has 26 heavy (non-hydrogen) atoms. The lowest BCUT2D eigenvalue weighted by atomic mass is 9.96. The zero-order valence-electron chi connectivity index (χ0n) is 14.9. The van der Waals surface area contributed by atoms with Gasteiger partial charge in [-0.2, -0.15) is 0 Å². The van der Waals surface area contributed by atoms with E-state index in [4.69, 9.17) is 0 Å². The Kier molecular flexibility index (Phi) is 4.28. The third-order valence-electron chi connectivity index (χ3n) is 4.92. The van der Waals surface area contributed by atoms with E-state index < -0.39 is 0 Å². The van der Waals surface area contributed by atoms with Crippen LogP contribution in [0.4, 0.5) is 5.00 Å². The predicted octanol–water partition coefficient (Wildman–Crippen LogP) is 3.98. The fourth-order valence-corrected chi connectivity index (χ4v) is 4.70. The van der Waals surface area contributed by atoms with Crippen molar-refractivity contribution in [1.29, 1.82) is 0 Å². The first-order valence-corrected chi connectivity index (χ1v) is 9.66. The van der Waals surface area contributed by atoms with E-state index in [2.05, 4.69) is 17.3 Å². The Hall–Kier alpha value is -2.60. The van der Waals surface area contributed by atoms with Gasteiger partial charge in [0, 0.05) is 10.9 Å². The minimum atomic E-state index is -0.283. The molecule has 1 aromatic carbocycles. The number of nitrogens with zero attached hydrogens (tertiary/aromatic N) is 1. The highest BCUT2D eigenvalue weighted by Gasteiger charge is 2.20. The molecule has 0 aliphatic heterocycles. The number of carbonyl (C=O) groups is 1. The lowest BCUT2D eigenvalue weighted by molar-refractivity contribution is 0.102. The monoisotopic (exact) mass is 367 g/mol. The Morgan fingerprint density at radius 2 is 1.88 bits per heavy atom. The zero-order valence-corrected chi connectivity index (χ0v) is 15.7. The molecule has 3 aromatic rings. The van der Waals surface area contributed by atoms with Gasteiger partial charge < -0.3 is 5.32 Å². The molecule has 2 N–H and O–H groups in total. The summed E-state index contributed by atoms with van der Waals surface area (Å²) >= 11 is 1.66. The third kappa shape index (κ3) is 3.01. The number of anilines is 1. The Morgan fingerprint density at radius 1 is 1.15 bits per heavy atom. The first-order valence-electron chi connectivity index (χ1n) is 8.84. The standard InChI is InChI=1S/C20H21N3O2S/c1-12-7-9-14(10-8-12)23-18(24)11-16(22-23)19(25)21-20-13(2)15-5-3-4-6-17(15)26-20/h7-11,22H,3-6H2,1-2H3,(H,21,25). The van der Waals surface area contributed by atoms with Crippen molar-refractivity contribution in [2.24, 2.45) is 0 Å². The quantitative estimate of drug-likeness (QED) is 0.735. The average Bonchev–Trinajstić information content (AvgIpc) is 3.17. The summed E-state index contributed by atoms with van der Waals surface area (Å²) in [4.78, 5) is 26.3. The Morgan fingerprint density at radius 3 is 2.62 bits per heavy atom. The van der Waals surface area contributed by atoms with E-state index in [0.717, 1.165) is 23.4 Å². The van der Waals surface area contributed by atoms with Crippen molar-refractivity contribution >= 4 is 22.2 Å². The summed E-state index contributed by atoms with van der Waals surface area (Å²) in [7, 11) is 0. The summed E-state index contributed by atoms with van der Waals surface area (Å²) in [6.45, 7) is 4.06. The van der Waals surface area contributed by atoms with Gasteiger partial charge in [0.05, 0.1) is 10.7 Å². The van der Waals surface area contributed by atoms with Crippen LogP contribution in [-0.2, 0) is 12.8 Å². The normalized spacial score (nSPS) is 13.5. The minimum Gasteiger partial charge on any atom is -0.312 e. The zero-order chi connectivity index (χ0) is 18.3. The maximum atomic E-state index is 12.6. The number of fused-ring (bicyclic) bond motifs is 1. The molecule has 5 nitrogen and oxygen atoms in total. The van der Waals surface area contributed by atoms with Crippen LogP contribution < -0.4 is 10.9 Å². The van der Waals surface area contributed by atoms with Gasteiger partial charge in [-0.15, -0.1) is 11.3 Å². The number of thiophene rings is 1. The number of benzene rings is 1. The Balaban J connectivity index is 1.60. The molecule has 1 amide bonds. The highest BCUT2D eigenvalue weighted by molar-refractivity contribution is 7.16. The summed E-state index contributed by atoms with van der Waals surface area (Å²) in [6, 6.07) is 8.92. The molecule has 2 aromatic heterocycles. The molecule has 1 aliphatic carbocycles. The van der Waals surface area contributed by atoms with Gasteiger partial charge >= 0.3 is 0 Å². The van der Waals surface area contributed by atoms with Crippen LogP contribution in [0.3, 0.4) is 0 Å². The first-order chi connectivity index (χ1) is 12.5. The summed E-state index contributed by atoms with van der Waals surface area (Å²) < 4.78 is 1.39. The molecule has 0 saturated carbocycles. The highest BCUT2D eigenvalue weighted by atomic mass is 32.1. The molecule has 0 spiro atoms. The fourth-order valence-electron chi connectivity index (χ4n) is 3.41. The number of carbonyl (C=O) groups excluding carboxylic acids is 1. The van der Waals surface area contributed by atoms with Gasteiger partial charge in [-0.1, -0.05) is 17.7 Å².